The molecule has 1 amide bonds. The number of piperidine rings is 1. The number of aryl methyl sites for hydroxylation is 2. The number of nitrogens with one attached hydrogen (secondary N) is 1. The van der Waals surface area contributed by atoms with Crippen molar-refractivity contribution in [3.63, 3.8) is 0 Å². The van der Waals surface area contributed by atoms with Crippen molar-refractivity contribution in [3.05, 3.63) is 70.9 Å². The summed E-state index contributed by atoms with van der Waals surface area (Å²) in [6.07, 6.45) is 1.59. The predicted octanol–water partition coefficient (Wildman–Crippen LogP) is 4.58. The van der Waals surface area contributed by atoms with Crippen LogP contribution in [0.5, 0.6) is 0 Å². The van der Waals surface area contributed by atoms with Crippen LogP contribution in [0.3, 0.4) is 0 Å². The highest BCUT2D eigenvalue weighted by Gasteiger charge is 2.27. The van der Waals surface area contributed by atoms with Crippen LogP contribution in [0, 0.1) is 25.6 Å². The predicted molar refractivity (Wildman–Crippen MR) is 120 cm³/mol. The van der Waals surface area contributed by atoms with Gasteiger partial charge in [-0.15, -0.1) is 0 Å². The van der Waals surface area contributed by atoms with Gasteiger partial charge in [0.1, 0.15) is 5.82 Å². The highest BCUT2D eigenvalue weighted by molar-refractivity contribution is 5.79. The van der Waals surface area contributed by atoms with Gasteiger partial charge in [0.2, 0.25) is 17.6 Å². The van der Waals surface area contributed by atoms with Crippen molar-refractivity contribution in [2.24, 2.45) is 5.92 Å². The highest BCUT2D eigenvalue weighted by Crippen LogP contribution is 2.23. The van der Waals surface area contributed by atoms with Crippen LogP contribution in [-0.4, -0.2) is 34.0 Å². The Morgan fingerprint density at radius 3 is 2.62 bits per heavy atom. The summed E-state index contributed by atoms with van der Waals surface area (Å²) >= 11 is 0. The van der Waals surface area contributed by atoms with Crippen molar-refractivity contribution in [3.8, 4) is 11.4 Å². The summed E-state index contributed by atoms with van der Waals surface area (Å²) in [5.41, 5.74) is 4.28. The van der Waals surface area contributed by atoms with E-state index in [0.717, 1.165) is 31.5 Å². The normalized spacial score (nSPS) is 16.1. The van der Waals surface area contributed by atoms with Crippen LogP contribution in [0.25, 0.3) is 11.4 Å². The molecule has 1 unspecified atom stereocenters. The van der Waals surface area contributed by atoms with Crippen molar-refractivity contribution >= 4 is 5.91 Å². The van der Waals surface area contributed by atoms with Crippen molar-refractivity contribution in [2.45, 2.75) is 46.2 Å². The third-order valence-electron chi connectivity index (χ3n) is 6.15. The number of halogens is 1. The zero-order valence-electron chi connectivity index (χ0n) is 18.8. The van der Waals surface area contributed by atoms with E-state index in [0.29, 0.717) is 18.3 Å². The van der Waals surface area contributed by atoms with Crippen molar-refractivity contribution in [1.29, 1.82) is 0 Å². The molecule has 0 spiro atoms. The van der Waals surface area contributed by atoms with E-state index in [9.17, 15) is 9.18 Å². The second-order valence-electron chi connectivity index (χ2n) is 8.66. The fourth-order valence-corrected chi connectivity index (χ4v) is 4.22. The van der Waals surface area contributed by atoms with Gasteiger partial charge in [0.05, 0.1) is 12.6 Å². The molecule has 1 saturated heterocycles. The Bertz CT molecular complexity index is 1070. The first-order valence-corrected chi connectivity index (χ1v) is 11.1. The van der Waals surface area contributed by atoms with Gasteiger partial charge in [-0.2, -0.15) is 4.98 Å². The zero-order valence-corrected chi connectivity index (χ0v) is 18.8. The lowest BCUT2D eigenvalue weighted by molar-refractivity contribution is -0.127. The molecular formula is C25H29FN4O2. The Morgan fingerprint density at radius 2 is 1.91 bits per heavy atom. The van der Waals surface area contributed by atoms with Gasteiger partial charge >= 0.3 is 0 Å². The first-order chi connectivity index (χ1) is 15.4. The fourth-order valence-electron chi connectivity index (χ4n) is 4.22. The molecule has 1 aromatic heterocycles. The summed E-state index contributed by atoms with van der Waals surface area (Å²) in [6, 6.07) is 12.3. The Balaban J connectivity index is 1.28. The number of benzene rings is 2. The van der Waals surface area contributed by atoms with Gasteiger partial charge in [0, 0.05) is 11.5 Å². The topological polar surface area (TPSA) is 71.3 Å². The number of aromatic nitrogens is 2. The van der Waals surface area contributed by atoms with Crippen molar-refractivity contribution < 1.29 is 13.7 Å². The fraction of sp³-hybridized carbons (Fsp3) is 0.400. The molecule has 0 bridgehead atoms. The van der Waals surface area contributed by atoms with Gasteiger partial charge in [-0.25, -0.2) is 4.39 Å². The molecule has 1 aliphatic heterocycles. The molecule has 0 radical (unpaired) electrons. The van der Waals surface area contributed by atoms with E-state index < -0.39 is 0 Å². The molecule has 1 atom stereocenters. The number of carbonyl (C=O) groups excluding carboxylic acids is 1. The van der Waals surface area contributed by atoms with Gasteiger partial charge in [0.15, 0.2) is 0 Å². The smallest absolute Gasteiger partial charge is 0.241 e. The third kappa shape index (κ3) is 5.22. The van der Waals surface area contributed by atoms with Crippen molar-refractivity contribution in [2.75, 3.05) is 13.1 Å². The SMILES string of the molecule is Cc1ccc(C)c(C(C)NC(=O)C2CCN(Cc3nc(-c4ccc(F)cc4)no3)CC2)c1. The van der Waals surface area contributed by atoms with Crippen LogP contribution in [0.15, 0.2) is 47.0 Å². The van der Waals surface area contributed by atoms with Gasteiger partial charge in [-0.3, -0.25) is 9.69 Å². The Labute approximate surface area is 187 Å². The number of rotatable bonds is 6. The lowest BCUT2D eigenvalue weighted by Gasteiger charge is -2.31. The van der Waals surface area contributed by atoms with E-state index >= 15 is 0 Å². The van der Waals surface area contributed by atoms with Gasteiger partial charge in [0.25, 0.3) is 0 Å². The van der Waals surface area contributed by atoms with Crippen molar-refractivity contribution in [1.82, 2.24) is 20.4 Å². The summed E-state index contributed by atoms with van der Waals surface area (Å²) in [5.74, 6) is 0.809. The monoisotopic (exact) mass is 436 g/mol. The first kappa shape index (κ1) is 22.1. The summed E-state index contributed by atoms with van der Waals surface area (Å²) in [7, 11) is 0. The molecule has 0 aliphatic carbocycles. The largest absolute Gasteiger partial charge is 0.349 e. The maximum atomic E-state index is 13.1. The lowest BCUT2D eigenvalue weighted by atomic mass is 9.94. The molecule has 2 heterocycles. The van der Waals surface area contributed by atoms with Crippen LogP contribution in [0.1, 0.15) is 48.4 Å². The standard InChI is InChI=1S/C25H29FN4O2/c1-16-4-5-17(2)22(14-16)18(3)27-25(31)20-10-12-30(13-11-20)15-23-28-24(29-32-23)19-6-8-21(26)9-7-19/h4-9,14,18,20H,10-13,15H2,1-3H3,(H,27,31). The quantitative estimate of drug-likeness (QED) is 0.612. The number of nitrogens with zero attached hydrogens (tertiary/aromatic N) is 3. The Hall–Kier alpha value is -3.06. The summed E-state index contributed by atoms with van der Waals surface area (Å²) in [4.78, 5) is 19.5. The summed E-state index contributed by atoms with van der Waals surface area (Å²) < 4.78 is 18.5. The van der Waals surface area contributed by atoms with E-state index in [-0.39, 0.29) is 23.7 Å². The molecule has 32 heavy (non-hydrogen) atoms. The van der Waals surface area contributed by atoms with E-state index in [4.69, 9.17) is 4.52 Å². The molecule has 4 rings (SSSR count). The molecule has 0 saturated carbocycles. The van der Waals surface area contributed by atoms with Crippen LogP contribution in [0.2, 0.25) is 0 Å². The third-order valence-corrected chi connectivity index (χ3v) is 6.15. The minimum Gasteiger partial charge on any atom is -0.349 e. The van der Waals surface area contributed by atoms with Crippen LogP contribution >= 0.6 is 0 Å². The maximum absolute atomic E-state index is 13.1. The maximum Gasteiger partial charge on any atom is 0.241 e. The number of amides is 1. The number of hydrogen-bond acceptors (Lipinski definition) is 5. The summed E-state index contributed by atoms with van der Waals surface area (Å²) in [6.45, 7) is 8.33. The highest BCUT2D eigenvalue weighted by atomic mass is 19.1. The van der Waals surface area contributed by atoms with E-state index in [2.05, 4.69) is 52.4 Å². The van der Waals surface area contributed by atoms with Gasteiger partial charge in [-0.05, 0) is 82.1 Å². The number of likely N-dealkylation sites (tertiary alicyclic amines) is 1. The zero-order chi connectivity index (χ0) is 22.7. The van der Waals surface area contributed by atoms with E-state index in [1.54, 1.807) is 12.1 Å². The Kier molecular flexibility index (Phi) is 6.65. The molecule has 6 nitrogen and oxygen atoms in total. The van der Waals surface area contributed by atoms with Gasteiger partial charge in [-0.1, -0.05) is 28.9 Å². The first-order valence-electron chi connectivity index (χ1n) is 11.1. The molecule has 1 N–H and O–H groups in total. The van der Waals surface area contributed by atoms with E-state index in [1.165, 1.54) is 28.8 Å². The van der Waals surface area contributed by atoms with Crippen LogP contribution in [0.4, 0.5) is 4.39 Å². The molecule has 168 valence electrons. The number of carbonyl (C=O) groups is 1. The number of hydrogen-bond donors (Lipinski definition) is 1. The van der Waals surface area contributed by atoms with E-state index in [1.807, 2.05) is 6.92 Å². The summed E-state index contributed by atoms with van der Waals surface area (Å²) in [5, 5.41) is 7.20. The molecule has 1 aliphatic rings. The Morgan fingerprint density at radius 1 is 1.19 bits per heavy atom. The second-order valence-corrected chi connectivity index (χ2v) is 8.66. The lowest BCUT2D eigenvalue weighted by Crippen LogP contribution is -2.41. The molecule has 7 heteroatoms. The second kappa shape index (κ2) is 9.61. The van der Waals surface area contributed by atoms with Crippen LogP contribution in [-0.2, 0) is 11.3 Å². The van der Waals surface area contributed by atoms with Gasteiger partial charge < -0.3 is 9.84 Å². The molecular weight excluding hydrogens is 407 g/mol. The average molecular weight is 437 g/mol. The minimum atomic E-state index is -0.298. The molecule has 2 aromatic carbocycles. The van der Waals surface area contributed by atoms with Crippen LogP contribution < -0.4 is 5.32 Å². The average Bonchev–Trinajstić information content (AvgIpc) is 3.24. The minimum absolute atomic E-state index is 0.0104. The molecule has 3 aromatic rings. The molecule has 1 fully saturated rings.